The maximum Gasteiger partial charge on any atom is 2.00 e. The van der Waals surface area contributed by atoms with Gasteiger partial charge in [-0.2, -0.15) is 11.1 Å². The minimum Gasteiger partial charge on any atom is -0.270 e. The van der Waals surface area contributed by atoms with Gasteiger partial charge in [0.15, 0.2) is 0 Å². The minimum absolute atomic E-state index is 0. The Morgan fingerprint density at radius 2 is 0.967 bits per heavy atom. The van der Waals surface area contributed by atoms with Gasteiger partial charge >= 0.3 is 28.4 Å². The fraction of sp³-hybridized carbons (Fsp3) is 0.231. The molecule has 2 aromatic carbocycles. The van der Waals surface area contributed by atoms with E-state index in [4.69, 9.17) is 22.2 Å². The van der Waals surface area contributed by atoms with Crippen molar-refractivity contribution >= 4 is 39.2 Å². The summed E-state index contributed by atoms with van der Waals surface area (Å²) in [7, 11) is 0. The molecule has 154 valence electrons. The van der Waals surface area contributed by atoms with Crippen molar-refractivity contribution in [1.29, 1.82) is 0 Å². The fourth-order valence-electron chi connectivity index (χ4n) is 2.96. The van der Waals surface area contributed by atoms with Crippen LogP contribution in [-0.2, 0) is 21.7 Å². The third-order valence-electron chi connectivity index (χ3n) is 4.49. The Kier molecular flexibility index (Phi) is 12.0. The van der Waals surface area contributed by atoms with E-state index in [1.54, 1.807) is 0 Å². The molecule has 2 aliphatic rings. The van der Waals surface area contributed by atoms with Crippen molar-refractivity contribution in [2.75, 3.05) is 0 Å². The average molecular weight is 487 g/mol. The molecule has 0 aliphatic heterocycles. The maximum atomic E-state index is 6.49. The van der Waals surface area contributed by atoms with Crippen LogP contribution in [0.2, 0.25) is 0 Å². The van der Waals surface area contributed by atoms with E-state index in [9.17, 15) is 0 Å². The molecule has 0 heterocycles. The van der Waals surface area contributed by atoms with Crippen molar-refractivity contribution < 1.29 is 21.7 Å². The molecule has 0 spiro atoms. The summed E-state index contributed by atoms with van der Waals surface area (Å²) in [5.41, 5.74) is 5.44. The van der Waals surface area contributed by atoms with Crippen LogP contribution in [0.25, 0.3) is 0 Å². The second-order valence-corrected chi connectivity index (χ2v) is 13.6. The largest absolute Gasteiger partial charge is 2.00 e. The van der Waals surface area contributed by atoms with Gasteiger partial charge in [-0.15, -0.1) is 35.0 Å². The number of benzene rings is 2. The van der Waals surface area contributed by atoms with E-state index in [0.717, 1.165) is 23.2 Å². The zero-order chi connectivity index (χ0) is 21.3. The van der Waals surface area contributed by atoms with Crippen molar-refractivity contribution in [3.8, 4) is 0 Å². The molecule has 0 radical (unpaired) electrons. The van der Waals surface area contributed by atoms with Gasteiger partial charge in [0.2, 0.25) is 0 Å². The van der Waals surface area contributed by atoms with Crippen molar-refractivity contribution in [2.45, 2.75) is 40.5 Å². The number of allylic oxidation sites excluding steroid dienone is 8. The summed E-state index contributed by atoms with van der Waals surface area (Å²) in [5, 5.41) is 2.05. The second-order valence-electron chi connectivity index (χ2n) is 7.36. The monoisotopic (exact) mass is 486 g/mol. The minimum atomic E-state index is -2.51. The summed E-state index contributed by atoms with van der Waals surface area (Å²) in [5.74, 6) is 0. The van der Waals surface area contributed by atoms with Crippen LogP contribution < -0.4 is 10.4 Å². The van der Waals surface area contributed by atoms with E-state index < -0.39 is 6.69 Å². The van der Waals surface area contributed by atoms with Crippen LogP contribution in [0.15, 0.2) is 95.1 Å². The van der Waals surface area contributed by atoms with Crippen LogP contribution in [0.5, 0.6) is 0 Å². The third kappa shape index (κ3) is 8.96. The smallest absolute Gasteiger partial charge is 0.270 e. The third-order valence-corrected chi connectivity index (χ3v) is 9.23. The summed E-state index contributed by atoms with van der Waals surface area (Å²) in [6, 6.07) is 19.7. The predicted molar refractivity (Wildman–Crippen MR) is 131 cm³/mol. The van der Waals surface area contributed by atoms with Gasteiger partial charge < -0.3 is 0 Å². The Morgan fingerprint density at radius 3 is 1.17 bits per heavy atom. The summed E-state index contributed by atoms with van der Waals surface area (Å²) in [4.78, 5) is 0. The zero-order valence-corrected chi connectivity index (χ0v) is 22.2. The van der Waals surface area contributed by atoms with Gasteiger partial charge in [-0.05, 0) is 10.4 Å². The average Bonchev–Trinajstić information content (AvgIpc) is 3.30. The molecule has 2 aliphatic carbocycles. The standard InChI is InChI=1S/C12H10Cl2Si.2C7H9.Ti/c13-15(14,11-7-3-1-4-8-11)12-9-5-2-6-10-12;2*1-6-3-4-7(2)5-6;/h1-10H;2*5H,3H2,1-2H3;/q;2*-1;+2. The van der Waals surface area contributed by atoms with E-state index in [1.165, 1.54) is 22.3 Å². The zero-order valence-electron chi connectivity index (χ0n) is 18.1. The van der Waals surface area contributed by atoms with Gasteiger partial charge in [-0.1, -0.05) is 88.4 Å². The summed E-state index contributed by atoms with van der Waals surface area (Å²) < 4.78 is 0. The molecule has 0 nitrogen and oxygen atoms in total. The molecule has 0 saturated carbocycles. The first-order valence-corrected chi connectivity index (χ1v) is 13.8. The molecular weight excluding hydrogens is 459 g/mol. The number of hydrogen-bond acceptors (Lipinski definition) is 0. The van der Waals surface area contributed by atoms with Gasteiger partial charge in [-0.25, -0.2) is 23.3 Å². The summed E-state index contributed by atoms with van der Waals surface area (Å²) >= 11 is 13.0. The van der Waals surface area contributed by atoms with Gasteiger partial charge in [-0.3, -0.25) is 12.2 Å². The van der Waals surface area contributed by atoms with Crippen LogP contribution >= 0.6 is 22.2 Å². The molecule has 4 heteroatoms. The van der Waals surface area contributed by atoms with Crippen LogP contribution in [0.1, 0.15) is 40.5 Å². The number of rotatable bonds is 2. The Labute approximate surface area is 207 Å². The van der Waals surface area contributed by atoms with E-state index in [0.29, 0.717) is 0 Å². The Bertz CT molecular complexity index is 835. The van der Waals surface area contributed by atoms with Crippen molar-refractivity contribution in [2.24, 2.45) is 0 Å². The van der Waals surface area contributed by atoms with Crippen molar-refractivity contribution in [3.63, 3.8) is 0 Å². The van der Waals surface area contributed by atoms with E-state index >= 15 is 0 Å². The molecule has 0 atom stereocenters. The normalized spacial score (nSPS) is 14.6. The molecule has 0 fully saturated rings. The van der Waals surface area contributed by atoms with Gasteiger partial charge in [0.1, 0.15) is 0 Å². The first kappa shape index (κ1) is 26.9. The predicted octanol–water partition coefficient (Wildman–Crippen LogP) is 6.89. The SMILES string of the molecule is CC1=[C-]CC(C)=C1.CC1=[C-]CC(C)=C1.Cl[Si](Cl)(c1ccccc1)c1ccccc1.[Ti+2]. The molecular formula is C26H28Cl2SiTi. The van der Waals surface area contributed by atoms with E-state index in [-0.39, 0.29) is 21.7 Å². The molecule has 0 amide bonds. The Hall–Kier alpha value is -1.09. The first-order valence-electron chi connectivity index (χ1n) is 9.77. The van der Waals surface area contributed by atoms with E-state index in [2.05, 4.69) is 52.0 Å². The van der Waals surface area contributed by atoms with Crippen molar-refractivity contribution in [3.05, 3.63) is 107 Å². The first-order chi connectivity index (χ1) is 13.8. The van der Waals surface area contributed by atoms with Gasteiger partial charge in [0.05, 0.1) is 0 Å². The van der Waals surface area contributed by atoms with Crippen LogP contribution in [-0.4, -0.2) is 6.69 Å². The molecule has 4 rings (SSSR count). The second kappa shape index (κ2) is 13.4. The molecule has 0 N–H and O–H groups in total. The van der Waals surface area contributed by atoms with Crippen LogP contribution in [0, 0.1) is 12.2 Å². The van der Waals surface area contributed by atoms with Gasteiger partial charge in [0.25, 0.3) is 0 Å². The van der Waals surface area contributed by atoms with Crippen molar-refractivity contribution in [1.82, 2.24) is 0 Å². The number of hydrogen-bond donors (Lipinski definition) is 0. The maximum absolute atomic E-state index is 6.49. The Morgan fingerprint density at radius 1 is 0.633 bits per heavy atom. The summed E-state index contributed by atoms with van der Waals surface area (Å²) in [6.07, 6.45) is 12.8. The molecule has 0 unspecified atom stereocenters. The van der Waals surface area contributed by atoms with E-state index in [1.807, 2.05) is 60.7 Å². The molecule has 2 aromatic rings. The molecule has 30 heavy (non-hydrogen) atoms. The summed E-state index contributed by atoms with van der Waals surface area (Å²) in [6.45, 7) is 5.91. The van der Waals surface area contributed by atoms with Crippen LogP contribution in [0.4, 0.5) is 0 Å². The number of halogens is 2. The molecule has 0 bridgehead atoms. The fourth-order valence-corrected chi connectivity index (χ4v) is 6.03. The van der Waals surface area contributed by atoms with Gasteiger partial charge in [0, 0.05) is 0 Å². The molecule has 0 saturated heterocycles. The Balaban J connectivity index is 0.000000251. The quantitative estimate of drug-likeness (QED) is 0.246. The molecule has 0 aromatic heterocycles. The topological polar surface area (TPSA) is 0 Å². The van der Waals surface area contributed by atoms with Crippen LogP contribution in [0.3, 0.4) is 0 Å².